The Hall–Kier alpha value is -1.35. The number of nitrogens with zero attached hydrogens (tertiary/aromatic N) is 1. The summed E-state index contributed by atoms with van der Waals surface area (Å²) in [6.07, 6.45) is 1.69. The summed E-state index contributed by atoms with van der Waals surface area (Å²) >= 11 is 0. The van der Waals surface area contributed by atoms with Crippen molar-refractivity contribution in [2.75, 3.05) is 0 Å². The Morgan fingerprint density at radius 2 is 2.40 bits per heavy atom. The van der Waals surface area contributed by atoms with Gasteiger partial charge >= 0.3 is 0 Å². The van der Waals surface area contributed by atoms with Crippen molar-refractivity contribution in [1.82, 2.24) is 10.4 Å². The Bertz CT molecular complexity index is 218. The summed E-state index contributed by atoms with van der Waals surface area (Å²) in [7, 11) is 0. The number of hydrazine groups is 1. The molecule has 3 nitrogen and oxygen atoms in total. The summed E-state index contributed by atoms with van der Waals surface area (Å²) in [5.74, 6) is 5.11. The van der Waals surface area contributed by atoms with Gasteiger partial charge in [-0.05, 0) is 12.1 Å². The molecule has 0 amide bonds. The summed E-state index contributed by atoms with van der Waals surface area (Å²) in [6, 6.07) is 5.56. The van der Waals surface area contributed by atoms with Crippen LogP contribution in [0.15, 0.2) is 31.0 Å². The van der Waals surface area contributed by atoms with Gasteiger partial charge in [0.25, 0.3) is 0 Å². The van der Waals surface area contributed by atoms with E-state index in [0.29, 0.717) is 5.70 Å². The molecular formula is C7H9N3. The smallest absolute Gasteiger partial charge is 0.0867 e. The van der Waals surface area contributed by atoms with Crippen LogP contribution >= 0.6 is 0 Å². The van der Waals surface area contributed by atoms with Gasteiger partial charge in [-0.25, -0.2) is 0 Å². The highest BCUT2D eigenvalue weighted by Crippen LogP contribution is 2.01. The Kier molecular flexibility index (Phi) is 2.02. The quantitative estimate of drug-likeness (QED) is 0.459. The maximum Gasteiger partial charge on any atom is 0.0867 e. The second kappa shape index (κ2) is 2.98. The predicted octanol–water partition coefficient (Wildman–Crippen LogP) is 0.516. The van der Waals surface area contributed by atoms with Crippen molar-refractivity contribution < 1.29 is 0 Å². The molecule has 0 spiro atoms. The molecule has 0 aliphatic heterocycles. The van der Waals surface area contributed by atoms with Gasteiger partial charge in [-0.2, -0.15) is 0 Å². The van der Waals surface area contributed by atoms with Crippen LogP contribution in [0.1, 0.15) is 5.69 Å². The molecule has 0 fully saturated rings. The fraction of sp³-hybridized carbons (Fsp3) is 0. The second-order valence-electron chi connectivity index (χ2n) is 1.84. The summed E-state index contributed by atoms with van der Waals surface area (Å²) < 4.78 is 0. The minimum Gasteiger partial charge on any atom is -0.323 e. The lowest BCUT2D eigenvalue weighted by Gasteiger charge is -2.00. The molecule has 52 valence electrons. The minimum absolute atomic E-state index is 0.626. The van der Waals surface area contributed by atoms with Gasteiger partial charge < -0.3 is 5.43 Å². The van der Waals surface area contributed by atoms with Crippen molar-refractivity contribution in [2.24, 2.45) is 5.84 Å². The maximum absolute atomic E-state index is 5.11. The van der Waals surface area contributed by atoms with Crippen molar-refractivity contribution in [3.63, 3.8) is 0 Å². The summed E-state index contributed by atoms with van der Waals surface area (Å²) in [5.41, 5.74) is 3.82. The molecule has 0 radical (unpaired) electrons. The lowest BCUT2D eigenvalue weighted by Crippen LogP contribution is -2.19. The third-order valence-corrected chi connectivity index (χ3v) is 1.15. The number of hydrogen-bond acceptors (Lipinski definition) is 3. The molecule has 0 aromatic carbocycles. The van der Waals surface area contributed by atoms with Crippen molar-refractivity contribution in [1.29, 1.82) is 0 Å². The van der Waals surface area contributed by atoms with Gasteiger partial charge in [0.2, 0.25) is 0 Å². The van der Waals surface area contributed by atoms with E-state index in [-0.39, 0.29) is 0 Å². The summed E-state index contributed by atoms with van der Waals surface area (Å²) in [6.45, 7) is 3.64. The SMILES string of the molecule is C=C(NN)c1ccccn1. The molecule has 1 aromatic rings. The van der Waals surface area contributed by atoms with Crippen LogP contribution in [0.5, 0.6) is 0 Å². The average Bonchev–Trinajstić information content (AvgIpc) is 2.05. The van der Waals surface area contributed by atoms with Crippen LogP contribution in [-0.4, -0.2) is 4.98 Å². The third-order valence-electron chi connectivity index (χ3n) is 1.15. The maximum atomic E-state index is 5.11. The lowest BCUT2D eigenvalue weighted by molar-refractivity contribution is 0.981. The van der Waals surface area contributed by atoms with E-state index in [1.165, 1.54) is 0 Å². The van der Waals surface area contributed by atoms with E-state index in [2.05, 4.69) is 17.0 Å². The highest BCUT2D eigenvalue weighted by atomic mass is 15.2. The van der Waals surface area contributed by atoms with E-state index >= 15 is 0 Å². The Balaban J connectivity index is 2.85. The van der Waals surface area contributed by atoms with Crippen LogP contribution in [0.3, 0.4) is 0 Å². The normalized spacial score (nSPS) is 8.90. The van der Waals surface area contributed by atoms with Crippen molar-refractivity contribution in [2.45, 2.75) is 0 Å². The molecule has 1 aromatic heterocycles. The van der Waals surface area contributed by atoms with E-state index in [1.807, 2.05) is 18.2 Å². The highest BCUT2D eigenvalue weighted by molar-refractivity contribution is 5.56. The Morgan fingerprint density at radius 3 is 2.90 bits per heavy atom. The van der Waals surface area contributed by atoms with Crippen LogP contribution in [0.25, 0.3) is 5.70 Å². The number of nitrogens with two attached hydrogens (primary N) is 1. The first kappa shape index (κ1) is 6.77. The van der Waals surface area contributed by atoms with Crippen LogP contribution in [0, 0.1) is 0 Å². The zero-order chi connectivity index (χ0) is 7.40. The lowest BCUT2D eigenvalue weighted by atomic mass is 10.3. The van der Waals surface area contributed by atoms with Crippen LogP contribution in [-0.2, 0) is 0 Å². The summed E-state index contributed by atoms with van der Waals surface area (Å²) in [5, 5.41) is 0. The van der Waals surface area contributed by atoms with E-state index in [9.17, 15) is 0 Å². The monoisotopic (exact) mass is 135 g/mol. The standard InChI is InChI=1S/C7H9N3/c1-6(10-8)7-4-2-3-5-9-7/h2-5,10H,1,8H2. The molecule has 0 saturated carbocycles. The first-order chi connectivity index (χ1) is 4.84. The van der Waals surface area contributed by atoms with Gasteiger partial charge in [-0.3, -0.25) is 10.8 Å². The van der Waals surface area contributed by atoms with E-state index in [1.54, 1.807) is 6.20 Å². The van der Waals surface area contributed by atoms with Crippen LogP contribution in [0.2, 0.25) is 0 Å². The van der Waals surface area contributed by atoms with Gasteiger partial charge in [-0.1, -0.05) is 12.6 Å². The zero-order valence-corrected chi connectivity index (χ0v) is 5.54. The molecule has 1 rings (SSSR count). The summed E-state index contributed by atoms with van der Waals surface area (Å²) in [4.78, 5) is 4.01. The molecule has 1 heterocycles. The van der Waals surface area contributed by atoms with Crippen molar-refractivity contribution >= 4 is 5.70 Å². The molecule has 0 unspecified atom stereocenters. The molecule has 3 N–H and O–H groups in total. The number of nitrogens with one attached hydrogen (secondary N) is 1. The topological polar surface area (TPSA) is 50.9 Å². The molecule has 3 heteroatoms. The first-order valence-corrected chi connectivity index (χ1v) is 2.91. The third kappa shape index (κ3) is 1.33. The highest BCUT2D eigenvalue weighted by Gasteiger charge is 1.92. The van der Waals surface area contributed by atoms with Gasteiger partial charge in [0.05, 0.1) is 11.4 Å². The Labute approximate surface area is 59.6 Å². The minimum atomic E-state index is 0.626. The fourth-order valence-electron chi connectivity index (χ4n) is 0.615. The second-order valence-corrected chi connectivity index (χ2v) is 1.84. The number of rotatable bonds is 2. The molecule has 0 bridgehead atoms. The van der Waals surface area contributed by atoms with E-state index in [4.69, 9.17) is 5.84 Å². The molecule has 0 aliphatic carbocycles. The number of aromatic nitrogens is 1. The molecular weight excluding hydrogens is 126 g/mol. The van der Waals surface area contributed by atoms with Gasteiger partial charge in [0, 0.05) is 6.20 Å². The molecule has 0 aliphatic rings. The van der Waals surface area contributed by atoms with Crippen molar-refractivity contribution in [3.05, 3.63) is 36.7 Å². The van der Waals surface area contributed by atoms with Gasteiger partial charge in [0.1, 0.15) is 0 Å². The molecule has 10 heavy (non-hydrogen) atoms. The van der Waals surface area contributed by atoms with E-state index < -0.39 is 0 Å². The zero-order valence-electron chi connectivity index (χ0n) is 5.54. The van der Waals surface area contributed by atoms with Gasteiger partial charge in [0.15, 0.2) is 0 Å². The van der Waals surface area contributed by atoms with Crippen molar-refractivity contribution in [3.8, 4) is 0 Å². The van der Waals surface area contributed by atoms with Crippen LogP contribution < -0.4 is 11.3 Å². The fourth-order valence-corrected chi connectivity index (χ4v) is 0.615. The van der Waals surface area contributed by atoms with E-state index in [0.717, 1.165) is 5.69 Å². The first-order valence-electron chi connectivity index (χ1n) is 2.91. The van der Waals surface area contributed by atoms with Gasteiger partial charge in [-0.15, -0.1) is 0 Å². The number of hydrogen-bond donors (Lipinski definition) is 2. The largest absolute Gasteiger partial charge is 0.323 e. The average molecular weight is 135 g/mol. The number of pyridine rings is 1. The molecule has 0 saturated heterocycles. The van der Waals surface area contributed by atoms with Crippen LogP contribution in [0.4, 0.5) is 0 Å². The molecule has 0 atom stereocenters. The predicted molar refractivity (Wildman–Crippen MR) is 40.6 cm³/mol. The Morgan fingerprint density at radius 1 is 1.60 bits per heavy atom.